The Labute approximate surface area is 171 Å². The lowest BCUT2D eigenvalue weighted by Gasteiger charge is -2.46. The van der Waals surface area contributed by atoms with Gasteiger partial charge in [0.1, 0.15) is 5.70 Å². The van der Waals surface area contributed by atoms with Crippen molar-refractivity contribution in [3.8, 4) is 0 Å². The lowest BCUT2D eigenvalue weighted by molar-refractivity contribution is -0.163. The van der Waals surface area contributed by atoms with Crippen LogP contribution in [-0.2, 0) is 19.2 Å². The molecule has 0 saturated carbocycles. The molecule has 0 bridgehead atoms. The summed E-state index contributed by atoms with van der Waals surface area (Å²) in [5.41, 5.74) is -0.0243. The third-order valence-electron chi connectivity index (χ3n) is 5.65. The number of amides is 2. The molecular weight excluding hydrogens is 402 g/mol. The SMILES string of the molecule is C[C@@H](O)[C@H]1C(=O)N2C(C(=O)O)=C(S[C@@H]3CN[C@H](C(=O)NCCC(=O)O)C3)[C@H](C)[C@H]12. The van der Waals surface area contributed by atoms with Gasteiger partial charge in [0.15, 0.2) is 0 Å². The Kier molecular flexibility index (Phi) is 6.20. The lowest BCUT2D eigenvalue weighted by atomic mass is 9.79. The Bertz CT molecular complexity index is 769. The molecule has 2 saturated heterocycles. The number of β-lactam (4-membered cyclic amide) rings is 1. The van der Waals surface area contributed by atoms with E-state index in [4.69, 9.17) is 5.11 Å². The second kappa shape index (κ2) is 8.33. The van der Waals surface area contributed by atoms with Crippen molar-refractivity contribution >= 4 is 35.5 Å². The minimum absolute atomic E-state index is 0.0243. The summed E-state index contributed by atoms with van der Waals surface area (Å²) in [6.07, 6.45) is -0.540. The van der Waals surface area contributed by atoms with E-state index in [1.165, 1.54) is 23.6 Å². The largest absolute Gasteiger partial charge is 0.481 e. The molecular formula is C18H25N3O7S. The summed E-state index contributed by atoms with van der Waals surface area (Å²) >= 11 is 1.36. The number of carbonyl (C=O) groups is 4. The van der Waals surface area contributed by atoms with Gasteiger partial charge in [-0.2, -0.15) is 0 Å². The van der Waals surface area contributed by atoms with Gasteiger partial charge in [0.25, 0.3) is 0 Å². The minimum atomic E-state index is -1.17. The van der Waals surface area contributed by atoms with Crippen molar-refractivity contribution in [1.82, 2.24) is 15.5 Å². The number of nitrogens with one attached hydrogen (secondary N) is 2. The number of fused-ring (bicyclic) bond motifs is 1. The van der Waals surface area contributed by atoms with Gasteiger partial charge < -0.3 is 30.9 Å². The van der Waals surface area contributed by atoms with Crippen molar-refractivity contribution in [3.05, 3.63) is 10.6 Å². The molecule has 0 aliphatic carbocycles. The van der Waals surface area contributed by atoms with Crippen LogP contribution in [0.4, 0.5) is 0 Å². The third kappa shape index (κ3) is 3.99. The predicted octanol–water partition coefficient (Wildman–Crippen LogP) is -0.805. The van der Waals surface area contributed by atoms with E-state index in [1.54, 1.807) is 0 Å². The molecule has 0 radical (unpaired) electrons. The topological polar surface area (TPSA) is 156 Å². The number of nitrogens with zero attached hydrogens (tertiary/aromatic N) is 1. The van der Waals surface area contributed by atoms with Crippen LogP contribution >= 0.6 is 11.8 Å². The molecule has 0 aromatic heterocycles. The number of aliphatic carboxylic acids is 2. The summed E-state index contributed by atoms with van der Waals surface area (Å²) in [5.74, 6) is -3.64. The van der Waals surface area contributed by atoms with Gasteiger partial charge in [-0.25, -0.2) is 4.79 Å². The Balaban J connectivity index is 1.65. The fraction of sp³-hybridized carbons (Fsp3) is 0.667. The molecule has 0 unspecified atom stereocenters. The number of aliphatic hydroxyl groups is 1. The number of carbonyl (C=O) groups excluding carboxylic acids is 2. The highest BCUT2D eigenvalue weighted by atomic mass is 32.2. The molecule has 0 aromatic carbocycles. The van der Waals surface area contributed by atoms with Crippen molar-refractivity contribution in [3.63, 3.8) is 0 Å². The highest BCUT2D eigenvalue weighted by Crippen LogP contribution is 2.51. The predicted molar refractivity (Wildman–Crippen MR) is 103 cm³/mol. The maximum absolute atomic E-state index is 12.4. The van der Waals surface area contributed by atoms with E-state index in [1.807, 2.05) is 6.92 Å². The van der Waals surface area contributed by atoms with Gasteiger partial charge in [-0.3, -0.25) is 14.4 Å². The average Bonchev–Trinajstić information content (AvgIpc) is 3.17. The first kappa shape index (κ1) is 21.6. The quantitative estimate of drug-likeness (QED) is 0.313. The standard InChI is InChI=1S/C18H25N3O7S/c1-7-13-12(8(2)22)17(26)21(13)14(18(27)28)15(7)29-9-5-10(20-6-9)16(25)19-4-3-11(23)24/h7-10,12-13,20,22H,3-6H2,1-2H3,(H,19,25)(H,23,24)(H,27,28)/t7-,8-,9+,10+,12-,13-/m1/s1. The molecule has 6 atom stereocenters. The van der Waals surface area contributed by atoms with E-state index in [0.717, 1.165) is 0 Å². The molecule has 5 N–H and O–H groups in total. The van der Waals surface area contributed by atoms with E-state index < -0.39 is 30.0 Å². The van der Waals surface area contributed by atoms with Crippen molar-refractivity contribution in [2.75, 3.05) is 13.1 Å². The zero-order valence-electron chi connectivity index (χ0n) is 16.1. The second-order valence-corrected chi connectivity index (χ2v) is 8.99. The summed E-state index contributed by atoms with van der Waals surface area (Å²) in [5, 5.41) is 33.8. The van der Waals surface area contributed by atoms with Crippen molar-refractivity contribution in [2.45, 2.75) is 50.1 Å². The Morgan fingerprint density at radius 2 is 2.03 bits per heavy atom. The highest BCUT2D eigenvalue weighted by molar-refractivity contribution is 8.03. The molecule has 11 heteroatoms. The summed E-state index contributed by atoms with van der Waals surface area (Å²) in [7, 11) is 0. The zero-order valence-corrected chi connectivity index (χ0v) is 16.9. The number of aliphatic hydroxyl groups excluding tert-OH is 1. The molecule has 0 spiro atoms. The molecule has 2 fully saturated rings. The van der Waals surface area contributed by atoms with E-state index in [0.29, 0.717) is 17.9 Å². The number of hydrogen-bond acceptors (Lipinski definition) is 7. The number of carboxylic acids is 2. The Morgan fingerprint density at radius 3 is 2.62 bits per heavy atom. The fourth-order valence-corrected chi connectivity index (χ4v) is 5.75. The van der Waals surface area contributed by atoms with E-state index >= 15 is 0 Å². The molecule has 3 aliphatic rings. The molecule has 0 aromatic rings. The van der Waals surface area contributed by atoms with Crippen LogP contribution in [-0.4, -0.2) is 80.5 Å². The number of rotatable bonds is 8. The van der Waals surface area contributed by atoms with Gasteiger partial charge >= 0.3 is 11.9 Å². The zero-order chi connectivity index (χ0) is 21.5. The van der Waals surface area contributed by atoms with Crippen LogP contribution in [0.5, 0.6) is 0 Å². The van der Waals surface area contributed by atoms with Crippen LogP contribution < -0.4 is 10.6 Å². The van der Waals surface area contributed by atoms with Crippen molar-refractivity contribution in [2.24, 2.45) is 11.8 Å². The van der Waals surface area contributed by atoms with E-state index in [-0.39, 0.29) is 47.7 Å². The monoisotopic (exact) mass is 427 g/mol. The van der Waals surface area contributed by atoms with Crippen molar-refractivity contribution < 1.29 is 34.5 Å². The van der Waals surface area contributed by atoms with Crippen LogP contribution in [0.25, 0.3) is 0 Å². The Hall–Kier alpha value is -2.11. The van der Waals surface area contributed by atoms with Gasteiger partial charge in [-0.15, -0.1) is 11.8 Å². The van der Waals surface area contributed by atoms with Crippen LogP contribution in [0.2, 0.25) is 0 Å². The summed E-state index contributed by atoms with van der Waals surface area (Å²) < 4.78 is 0. The lowest BCUT2D eigenvalue weighted by Crippen LogP contribution is -2.63. The van der Waals surface area contributed by atoms with Crippen molar-refractivity contribution in [1.29, 1.82) is 0 Å². The maximum Gasteiger partial charge on any atom is 0.353 e. The second-order valence-electron chi connectivity index (χ2n) is 7.64. The Morgan fingerprint density at radius 1 is 1.34 bits per heavy atom. The molecule has 160 valence electrons. The van der Waals surface area contributed by atoms with E-state index in [9.17, 15) is 29.4 Å². The first-order chi connectivity index (χ1) is 13.6. The third-order valence-corrected chi connectivity index (χ3v) is 7.16. The van der Waals surface area contributed by atoms with Crippen LogP contribution in [0.1, 0.15) is 26.7 Å². The average molecular weight is 427 g/mol. The highest BCUT2D eigenvalue weighted by Gasteiger charge is 2.60. The summed E-state index contributed by atoms with van der Waals surface area (Å²) in [6.45, 7) is 3.93. The number of thioether (sulfide) groups is 1. The minimum Gasteiger partial charge on any atom is -0.481 e. The summed E-state index contributed by atoms with van der Waals surface area (Å²) in [4.78, 5) is 48.8. The van der Waals surface area contributed by atoms with Gasteiger partial charge in [0.05, 0.1) is 30.5 Å². The first-order valence-corrected chi connectivity index (χ1v) is 10.4. The fourth-order valence-electron chi connectivity index (χ4n) is 4.27. The smallest absolute Gasteiger partial charge is 0.353 e. The van der Waals surface area contributed by atoms with Crippen LogP contribution in [0.15, 0.2) is 10.6 Å². The number of hydrogen-bond donors (Lipinski definition) is 5. The first-order valence-electron chi connectivity index (χ1n) is 9.51. The maximum atomic E-state index is 12.4. The molecule has 10 nitrogen and oxygen atoms in total. The molecule has 3 aliphatic heterocycles. The van der Waals surface area contributed by atoms with Gasteiger partial charge in [0.2, 0.25) is 11.8 Å². The summed E-state index contributed by atoms with van der Waals surface area (Å²) in [6, 6.07) is -0.837. The van der Waals surface area contributed by atoms with Crippen LogP contribution in [0, 0.1) is 11.8 Å². The van der Waals surface area contributed by atoms with Gasteiger partial charge in [-0.05, 0) is 13.3 Å². The van der Waals surface area contributed by atoms with E-state index in [2.05, 4.69) is 10.6 Å². The molecule has 3 rings (SSSR count). The van der Waals surface area contributed by atoms with Gasteiger partial charge in [-0.1, -0.05) is 6.92 Å². The normalized spacial score (nSPS) is 32.0. The molecule has 3 heterocycles. The van der Waals surface area contributed by atoms with Gasteiger partial charge in [0, 0.05) is 29.2 Å². The molecule has 2 amide bonds. The molecule has 29 heavy (non-hydrogen) atoms. The van der Waals surface area contributed by atoms with Crippen LogP contribution in [0.3, 0.4) is 0 Å². The number of carboxylic acid groups (broad SMARTS) is 2.